The summed E-state index contributed by atoms with van der Waals surface area (Å²) in [5, 5.41) is 3.57. The summed E-state index contributed by atoms with van der Waals surface area (Å²) in [6.45, 7) is 0.927. The molecule has 18 heavy (non-hydrogen) atoms. The molecule has 0 amide bonds. The number of rotatable bonds is 5. The maximum absolute atomic E-state index is 12.8. The van der Waals surface area contributed by atoms with Crippen LogP contribution in [0, 0.1) is 5.82 Å². The summed E-state index contributed by atoms with van der Waals surface area (Å²) in [7, 11) is 1.80. The van der Waals surface area contributed by atoms with Crippen molar-refractivity contribution in [1.29, 1.82) is 0 Å². The van der Waals surface area contributed by atoms with E-state index in [2.05, 4.69) is 5.32 Å². The van der Waals surface area contributed by atoms with Gasteiger partial charge in [-0.3, -0.25) is 0 Å². The molecule has 0 heterocycles. The van der Waals surface area contributed by atoms with E-state index in [1.54, 1.807) is 7.11 Å². The van der Waals surface area contributed by atoms with Gasteiger partial charge in [-0.15, -0.1) is 0 Å². The zero-order chi connectivity index (χ0) is 12.8. The normalized spacial score (nSPS) is 24.1. The van der Waals surface area contributed by atoms with Crippen molar-refractivity contribution in [3.05, 3.63) is 35.6 Å². The van der Waals surface area contributed by atoms with Crippen molar-refractivity contribution in [2.45, 2.75) is 44.2 Å². The predicted molar refractivity (Wildman–Crippen MR) is 71.2 cm³/mol. The summed E-state index contributed by atoms with van der Waals surface area (Å²) in [5.41, 5.74) is 1.17. The Balaban J connectivity index is 1.75. The zero-order valence-electron chi connectivity index (χ0n) is 11.0. The smallest absolute Gasteiger partial charge is 0.123 e. The third kappa shape index (κ3) is 3.79. The average molecular weight is 251 g/mol. The van der Waals surface area contributed by atoms with Gasteiger partial charge in [0.05, 0.1) is 6.10 Å². The van der Waals surface area contributed by atoms with Gasteiger partial charge in [0.2, 0.25) is 0 Å². The van der Waals surface area contributed by atoms with Crippen LogP contribution in [0.15, 0.2) is 24.3 Å². The summed E-state index contributed by atoms with van der Waals surface area (Å²) in [5.74, 6) is -0.168. The van der Waals surface area contributed by atoms with Crippen molar-refractivity contribution in [2.75, 3.05) is 13.7 Å². The van der Waals surface area contributed by atoms with Crippen molar-refractivity contribution >= 4 is 0 Å². The van der Waals surface area contributed by atoms with Crippen LogP contribution >= 0.6 is 0 Å². The molecule has 0 saturated heterocycles. The molecule has 1 N–H and O–H groups in total. The van der Waals surface area contributed by atoms with Gasteiger partial charge in [0.15, 0.2) is 0 Å². The summed E-state index contributed by atoms with van der Waals surface area (Å²) in [6.07, 6.45) is 6.20. The molecule has 0 spiro atoms. The van der Waals surface area contributed by atoms with Crippen molar-refractivity contribution in [3.63, 3.8) is 0 Å². The number of hydrogen-bond acceptors (Lipinski definition) is 2. The van der Waals surface area contributed by atoms with Crippen LogP contribution in [0.5, 0.6) is 0 Å². The van der Waals surface area contributed by atoms with Crippen LogP contribution < -0.4 is 5.32 Å². The number of benzene rings is 1. The van der Waals surface area contributed by atoms with Gasteiger partial charge < -0.3 is 10.1 Å². The summed E-state index contributed by atoms with van der Waals surface area (Å²) >= 11 is 0. The fourth-order valence-electron chi connectivity index (χ4n) is 2.67. The summed E-state index contributed by atoms with van der Waals surface area (Å²) in [6, 6.07) is 7.23. The number of nitrogens with one attached hydrogen (secondary N) is 1. The molecule has 1 aromatic rings. The van der Waals surface area contributed by atoms with Crippen LogP contribution in [0.4, 0.5) is 4.39 Å². The van der Waals surface area contributed by atoms with Crippen molar-refractivity contribution in [1.82, 2.24) is 5.32 Å². The van der Waals surface area contributed by atoms with Crippen LogP contribution in [-0.2, 0) is 11.2 Å². The van der Waals surface area contributed by atoms with Gasteiger partial charge in [-0.05, 0) is 43.5 Å². The minimum Gasteiger partial charge on any atom is -0.380 e. The third-order valence-corrected chi connectivity index (χ3v) is 3.74. The van der Waals surface area contributed by atoms with Gasteiger partial charge in [0, 0.05) is 13.2 Å². The van der Waals surface area contributed by atoms with E-state index in [0.717, 1.165) is 19.4 Å². The van der Waals surface area contributed by atoms with Crippen LogP contribution in [0.2, 0.25) is 0 Å². The van der Waals surface area contributed by atoms with Crippen LogP contribution in [-0.4, -0.2) is 25.8 Å². The molecule has 0 aromatic heterocycles. The Kier molecular flexibility index (Phi) is 5.14. The minimum absolute atomic E-state index is 0.168. The molecule has 2 atom stereocenters. The maximum Gasteiger partial charge on any atom is 0.123 e. The van der Waals surface area contributed by atoms with E-state index >= 15 is 0 Å². The highest BCUT2D eigenvalue weighted by Crippen LogP contribution is 2.20. The molecule has 2 rings (SSSR count). The monoisotopic (exact) mass is 251 g/mol. The molecule has 100 valence electrons. The number of halogens is 1. The van der Waals surface area contributed by atoms with Gasteiger partial charge in [-0.1, -0.05) is 25.0 Å². The van der Waals surface area contributed by atoms with Crippen molar-refractivity contribution in [2.24, 2.45) is 0 Å². The van der Waals surface area contributed by atoms with E-state index in [0.29, 0.717) is 12.1 Å². The van der Waals surface area contributed by atoms with Gasteiger partial charge >= 0.3 is 0 Å². The Morgan fingerprint density at radius 1 is 1.22 bits per heavy atom. The first kappa shape index (κ1) is 13.5. The minimum atomic E-state index is -0.168. The standard InChI is InChI=1S/C15H22FNO/c1-18-15-5-3-2-4-14(15)17-11-10-12-6-8-13(16)9-7-12/h6-9,14-15,17H,2-5,10-11H2,1H3/t14-,15+/m0/s1. The second kappa shape index (κ2) is 6.86. The maximum atomic E-state index is 12.8. The highest BCUT2D eigenvalue weighted by Gasteiger charge is 2.23. The molecule has 2 nitrogen and oxygen atoms in total. The number of methoxy groups -OCH3 is 1. The lowest BCUT2D eigenvalue weighted by Gasteiger charge is -2.31. The molecule has 0 bridgehead atoms. The SMILES string of the molecule is CO[C@@H]1CCCC[C@@H]1NCCc1ccc(F)cc1. The van der Waals surface area contributed by atoms with E-state index in [1.807, 2.05) is 12.1 Å². The molecule has 1 aliphatic carbocycles. The van der Waals surface area contributed by atoms with Gasteiger partial charge in [-0.2, -0.15) is 0 Å². The van der Waals surface area contributed by atoms with Gasteiger partial charge in [-0.25, -0.2) is 4.39 Å². The third-order valence-electron chi connectivity index (χ3n) is 3.74. The Morgan fingerprint density at radius 3 is 2.67 bits per heavy atom. The lowest BCUT2D eigenvalue weighted by molar-refractivity contribution is 0.0421. The van der Waals surface area contributed by atoms with E-state index < -0.39 is 0 Å². The highest BCUT2D eigenvalue weighted by atomic mass is 19.1. The lowest BCUT2D eigenvalue weighted by Crippen LogP contribution is -2.43. The molecule has 1 fully saturated rings. The van der Waals surface area contributed by atoms with Crippen LogP contribution in [0.1, 0.15) is 31.2 Å². The number of ether oxygens (including phenoxy) is 1. The first-order valence-electron chi connectivity index (χ1n) is 6.80. The topological polar surface area (TPSA) is 21.3 Å². The fraction of sp³-hybridized carbons (Fsp3) is 0.600. The molecule has 0 aliphatic heterocycles. The Hall–Kier alpha value is -0.930. The molecule has 1 aromatic carbocycles. The fourth-order valence-corrected chi connectivity index (χ4v) is 2.67. The highest BCUT2D eigenvalue weighted by molar-refractivity contribution is 5.16. The van der Waals surface area contributed by atoms with E-state index in [1.165, 1.54) is 37.0 Å². The summed E-state index contributed by atoms with van der Waals surface area (Å²) in [4.78, 5) is 0. The molecule has 1 aliphatic rings. The molecule has 3 heteroatoms. The molecular formula is C15H22FNO. The summed E-state index contributed by atoms with van der Waals surface area (Å²) < 4.78 is 18.3. The van der Waals surface area contributed by atoms with Crippen molar-refractivity contribution < 1.29 is 9.13 Å². The first-order valence-corrected chi connectivity index (χ1v) is 6.80. The zero-order valence-corrected chi connectivity index (χ0v) is 11.0. The largest absolute Gasteiger partial charge is 0.380 e. The van der Waals surface area contributed by atoms with E-state index in [-0.39, 0.29) is 5.82 Å². The molecule has 1 saturated carbocycles. The first-order chi connectivity index (χ1) is 8.79. The average Bonchev–Trinajstić information content (AvgIpc) is 2.41. The Morgan fingerprint density at radius 2 is 1.94 bits per heavy atom. The van der Waals surface area contributed by atoms with E-state index in [9.17, 15) is 4.39 Å². The van der Waals surface area contributed by atoms with E-state index in [4.69, 9.17) is 4.74 Å². The van der Waals surface area contributed by atoms with Gasteiger partial charge in [0.1, 0.15) is 5.82 Å². The van der Waals surface area contributed by atoms with Gasteiger partial charge in [0.25, 0.3) is 0 Å². The second-order valence-electron chi connectivity index (χ2n) is 5.00. The predicted octanol–water partition coefficient (Wildman–Crippen LogP) is 2.92. The Labute approximate surface area is 109 Å². The molecule has 0 unspecified atom stereocenters. The van der Waals surface area contributed by atoms with Crippen molar-refractivity contribution in [3.8, 4) is 0 Å². The second-order valence-corrected chi connectivity index (χ2v) is 5.00. The lowest BCUT2D eigenvalue weighted by atomic mass is 9.92. The molecule has 0 radical (unpaired) electrons. The molecular weight excluding hydrogens is 229 g/mol. The van der Waals surface area contributed by atoms with Crippen LogP contribution in [0.3, 0.4) is 0 Å². The Bertz CT molecular complexity index is 352. The quantitative estimate of drug-likeness (QED) is 0.868. The van der Waals surface area contributed by atoms with Crippen LogP contribution in [0.25, 0.3) is 0 Å². The number of hydrogen-bond donors (Lipinski definition) is 1.